The van der Waals surface area contributed by atoms with Crippen LogP contribution >= 0.6 is 0 Å². The maximum Gasteiger partial charge on any atom is 0.469 e. The second kappa shape index (κ2) is 7.54. The molecule has 0 saturated carbocycles. The third-order valence-corrected chi connectivity index (χ3v) is 4.57. The highest BCUT2D eigenvalue weighted by Gasteiger charge is 2.53. The van der Waals surface area contributed by atoms with Crippen molar-refractivity contribution in [2.75, 3.05) is 14.1 Å². The van der Waals surface area contributed by atoms with Crippen LogP contribution in [-0.4, -0.2) is 43.4 Å². The van der Waals surface area contributed by atoms with Crippen LogP contribution < -0.4 is 0 Å². The smallest absolute Gasteiger partial charge is 0.419 e. The molecule has 0 N–H and O–H groups in total. The first-order valence-electron chi connectivity index (χ1n) is 8.76. The normalized spacial score (nSPS) is 21.5. The van der Waals surface area contributed by atoms with Crippen LogP contribution in [0.4, 0.5) is 4.79 Å². The lowest BCUT2D eigenvalue weighted by molar-refractivity contribution is 0.00578. The summed E-state index contributed by atoms with van der Waals surface area (Å²) in [6.45, 7) is 16.6. The molecule has 1 unspecified atom stereocenters. The standard InChI is InChI=1S/C19H34BNO4/c1-14(13-17(2,3)4)15(11-12-23-16(22)21(9)10)20-24-18(5,6)19(7,8)25-20/h11-13,15H,1-10H3/b12-11+,14-13+. The molecule has 1 aliphatic heterocycles. The van der Waals surface area contributed by atoms with Gasteiger partial charge in [0, 0.05) is 19.9 Å². The lowest BCUT2D eigenvalue weighted by Gasteiger charge is -2.32. The fraction of sp³-hybridized carbons (Fsp3) is 0.737. The SMILES string of the molecule is C/C(=C\C(C)(C)C)C(/C=C/OC(=O)N(C)C)B1OC(C)(C)C(C)(C)O1. The fourth-order valence-electron chi connectivity index (χ4n) is 2.56. The summed E-state index contributed by atoms with van der Waals surface area (Å²) in [5.41, 5.74) is 0.321. The summed E-state index contributed by atoms with van der Waals surface area (Å²) >= 11 is 0. The lowest BCUT2D eigenvalue weighted by Crippen LogP contribution is -2.41. The molecular weight excluding hydrogens is 317 g/mol. The Balaban J connectivity index is 3.07. The molecule has 0 aliphatic carbocycles. The van der Waals surface area contributed by atoms with Gasteiger partial charge in [0.15, 0.2) is 0 Å². The monoisotopic (exact) mass is 351 g/mol. The van der Waals surface area contributed by atoms with E-state index in [-0.39, 0.29) is 11.2 Å². The zero-order valence-corrected chi connectivity index (χ0v) is 17.5. The van der Waals surface area contributed by atoms with Gasteiger partial charge in [0.1, 0.15) is 0 Å². The van der Waals surface area contributed by atoms with E-state index in [0.29, 0.717) is 0 Å². The fourth-order valence-corrected chi connectivity index (χ4v) is 2.56. The van der Waals surface area contributed by atoms with Crippen LogP contribution in [0, 0.1) is 5.41 Å². The quantitative estimate of drug-likeness (QED) is 0.420. The Morgan fingerprint density at radius 2 is 1.60 bits per heavy atom. The molecule has 5 nitrogen and oxygen atoms in total. The number of rotatable bonds is 4. The van der Waals surface area contributed by atoms with Gasteiger partial charge in [-0.25, -0.2) is 4.79 Å². The Hall–Kier alpha value is -1.27. The number of carbonyl (C=O) groups excluding carboxylic acids is 1. The molecule has 0 spiro atoms. The van der Waals surface area contributed by atoms with Crippen LogP contribution in [0.25, 0.3) is 0 Å². The van der Waals surface area contributed by atoms with E-state index < -0.39 is 24.4 Å². The second-order valence-corrected chi connectivity index (χ2v) is 9.01. The van der Waals surface area contributed by atoms with E-state index in [1.165, 1.54) is 11.2 Å². The average molecular weight is 351 g/mol. The maximum absolute atomic E-state index is 11.6. The molecule has 142 valence electrons. The molecule has 0 aromatic rings. The van der Waals surface area contributed by atoms with Gasteiger partial charge in [-0.15, -0.1) is 0 Å². The van der Waals surface area contributed by atoms with E-state index in [0.717, 1.165) is 5.57 Å². The molecule has 0 aromatic carbocycles. The highest BCUT2D eigenvalue weighted by atomic mass is 16.7. The van der Waals surface area contributed by atoms with E-state index in [2.05, 4.69) is 33.8 Å². The van der Waals surface area contributed by atoms with Gasteiger partial charge in [0.2, 0.25) is 0 Å². The van der Waals surface area contributed by atoms with Gasteiger partial charge in [-0.1, -0.05) is 32.4 Å². The summed E-state index contributed by atoms with van der Waals surface area (Å²) in [6.07, 6.45) is 5.04. The van der Waals surface area contributed by atoms with Crippen molar-refractivity contribution in [1.82, 2.24) is 4.90 Å². The van der Waals surface area contributed by atoms with Crippen molar-refractivity contribution in [1.29, 1.82) is 0 Å². The van der Waals surface area contributed by atoms with E-state index in [1.807, 2.05) is 33.8 Å². The number of amides is 1. The van der Waals surface area contributed by atoms with Crippen LogP contribution in [0.3, 0.4) is 0 Å². The average Bonchev–Trinajstić information content (AvgIpc) is 2.60. The van der Waals surface area contributed by atoms with Gasteiger partial charge in [-0.05, 0) is 46.1 Å². The first-order valence-corrected chi connectivity index (χ1v) is 8.76. The van der Waals surface area contributed by atoms with Gasteiger partial charge in [0.25, 0.3) is 0 Å². The Morgan fingerprint density at radius 3 is 2.00 bits per heavy atom. The number of carbonyl (C=O) groups is 1. The van der Waals surface area contributed by atoms with Crippen LogP contribution in [-0.2, 0) is 14.0 Å². The van der Waals surface area contributed by atoms with Crippen LogP contribution in [0.5, 0.6) is 0 Å². The van der Waals surface area contributed by atoms with Gasteiger partial charge >= 0.3 is 13.2 Å². The molecule has 6 heteroatoms. The molecule has 1 rings (SSSR count). The van der Waals surface area contributed by atoms with Gasteiger partial charge in [-0.2, -0.15) is 0 Å². The van der Waals surface area contributed by atoms with Crippen molar-refractivity contribution in [3.8, 4) is 0 Å². The molecule has 0 aromatic heterocycles. The zero-order chi connectivity index (χ0) is 19.6. The number of hydrogen-bond donors (Lipinski definition) is 0. The number of ether oxygens (including phenoxy) is 1. The Morgan fingerprint density at radius 1 is 1.12 bits per heavy atom. The molecule has 1 saturated heterocycles. The molecule has 1 atom stereocenters. The molecule has 1 heterocycles. The van der Waals surface area contributed by atoms with Gasteiger partial charge in [-0.3, -0.25) is 0 Å². The minimum atomic E-state index is -0.432. The van der Waals surface area contributed by atoms with E-state index in [1.54, 1.807) is 14.1 Å². The molecular formula is C19H34BNO4. The summed E-state index contributed by atoms with van der Waals surface area (Å²) in [4.78, 5) is 13.0. The van der Waals surface area contributed by atoms with Crippen molar-refractivity contribution in [3.05, 3.63) is 24.0 Å². The molecule has 0 bridgehead atoms. The predicted octanol–water partition coefficient (Wildman–Crippen LogP) is 4.65. The minimum absolute atomic E-state index is 0.0279. The van der Waals surface area contributed by atoms with Crippen molar-refractivity contribution in [2.45, 2.75) is 72.4 Å². The molecule has 0 radical (unpaired) electrons. The topological polar surface area (TPSA) is 48.0 Å². The summed E-state index contributed by atoms with van der Waals surface area (Å²) in [5, 5.41) is 0. The maximum atomic E-state index is 11.6. The summed E-state index contributed by atoms with van der Waals surface area (Å²) in [7, 11) is 2.86. The molecule has 1 amide bonds. The van der Waals surface area contributed by atoms with Crippen molar-refractivity contribution in [2.24, 2.45) is 5.41 Å². The molecule has 25 heavy (non-hydrogen) atoms. The van der Waals surface area contributed by atoms with Crippen LogP contribution in [0.15, 0.2) is 24.0 Å². The first kappa shape index (κ1) is 21.8. The van der Waals surface area contributed by atoms with Crippen molar-refractivity contribution in [3.63, 3.8) is 0 Å². The van der Waals surface area contributed by atoms with E-state index in [4.69, 9.17) is 14.0 Å². The Labute approximate surface area is 153 Å². The first-order chi connectivity index (χ1) is 11.2. The number of allylic oxidation sites excluding steroid dienone is 3. The highest BCUT2D eigenvalue weighted by molar-refractivity contribution is 6.49. The van der Waals surface area contributed by atoms with Gasteiger partial charge < -0.3 is 18.9 Å². The summed E-state index contributed by atoms with van der Waals surface area (Å²) in [5.74, 6) is -0.143. The third-order valence-electron chi connectivity index (χ3n) is 4.57. The highest BCUT2D eigenvalue weighted by Crippen LogP contribution is 2.42. The predicted molar refractivity (Wildman–Crippen MR) is 102 cm³/mol. The van der Waals surface area contributed by atoms with Crippen LogP contribution in [0.1, 0.15) is 55.4 Å². The molecule has 1 fully saturated rings. The number of nitrogens with zero attached hydrogens (tertiary/aromatic N) is 1. The molecule has 1 aliphatic rings. The second-order valence-electron chi connectivity index (χ2n) is 9.01. The Kier molecular flexibility index (Phi) is 6.57. The number of hydrogen-bond acceptors (Lipinski definition) is 4. The largest absolute Gasteiger partial charge is 0.469 e. The summed E-state index contributed by atoms with van der Waals surface area (Å²) in [6, 6.07) is 0. The van der Waals surface area contributed by atoms with E-state index in [9.17, 15) is 4.79 Å². The minimum Gasteiger partial charge on any atom is -0.419 e. The zero-order valence-electron chi connectivity index (χ0n) is 17.5. The van der Waals surface area contributed by atoms with E-state index >= 15 is 0 Å². The van der Waals surface area contributed by atoms with Gasteiger partial charge in [0.05, 0.1) is 17.5 Å². The third kappa shape index (κ3) is 5.89. The lowest BCUT2D eigenvalue weighted by atomic mass is 9.67. The summed E-state index contributed by atoms with van der Waals surface area (Å²) < 4.78 is 17.5. The van der Waals surface area contributed by atoms with Crippen LogP contribution in [0.2, 0.25) is 5.82 Å². The van der Waals surface area contributed by atoms with Crippen molar-refractivity contribution >= 4 is 13.2 Å². The Bertz CT molecular complexity index is 528. The van der Waals surface area contributed by atoms with Crippen molar-refractivity contribution < 1.29 is 18.8 Å².